The molecule has 0 unspecified atom stereocenters. The number of amides is 2. The SMILES string of the molecule is O=C(Nc1nc(-c2cccc(C(F)(F)F)c2)cs1)N1CCN(c2nc(N3CCCC3)nc(N3CCCC3)n2)CC1. The maximum absolute atomic E-state index is 13.1. The summed E-state index contributed by atoms with van der Waals surface area (Å²) >= 11 is 1.18. The van der Waals surface area contributed by atoms with Crippen molar-refractivity contribution in [3.8, 4) is 11.3 Å². The number of carbonyl (C=O) groups is 1. The molecule has 0 bridgehead atoms. The molecular weight excluding hydrogens is 543 g/mol. The molecule has 40 heavy (non-hydrogen) atoms. The lowest BCUT2D eigenvalue weighted by atomic mass is 10.1. The average Bonchev–Trinajstić information content (AvgIpc) is 3.76. The molecule has 0 radical (unpaired) electrons. The van der Waals surface area contributed by atoms with Crippen LogP contribution < -0.4 is 20.0 Å². The van der Waals surface area contributed by atoms with Crippen LogP contribution in [0.4, 0.5) is 40.9 Å². The van der Waals surface area contributed by atoms with Crippen molar-refractivity contribution in [1.29, 1.82) is 0 Å². The molecule has 6 rings (SSSR count). The number of carbonyl (C=O) groups excluding carboxylic acids is 1. The fourth-order valence-electron chi connectivity index (χ4n) is 5.20. The van der Waals surface area contributed by atoms with Crippen LogP contribution in [-0.2, 0) is 6.18 Å². The lowest BCUT2D eigenvalue weighted by molar-refractivity contribution is -0.137. The highest BCUT2D eigenvalue weighted by Gasteiger charge is 2.31. The van der Waals surface area contributed by atoms with Gasteiger partial charge in [-0.15, -0.1) is 11.3 Å². The van der Waals surface area contributed by atoms with E-state index in [4.69, 9.17) is 15.0 Å². The van der Waals surface area contributed by atoms with Crippen molar-refractivity contribution in [2.45, 2.75) is 31.9 Å². The number of nitrogens with one attached hydrogen (secondary N) is 1. The van der Waals surface area contributed by atoms with E-state index in [0.29, 0.717) is 48.5 Å². The summed E-state index contributed by atoms with van der Waals surface area (Å²) in [7, 11) is 0. The van der Waals surface area contributed by atoms with E-state index in [1.54, 1.807) is 16.3 Å². The maximum atomic E-state index is 13.1. The van der Waals surface area contributed by atoms with Crippen LogP contribution in [0.2, 0.25) is 0 Å². The monoisotopic (exact) mass is 573 g/mol. The highest BCUT2D eigenvalue weighted by Crippen LogP contribution is 2.33. The van der Waals surface area contributed by atoms with Crippen molar-refractivity contribution in [2.24, 2.45) is 0 Å². The molecule has 10 nitrogen and oxygen atoms in total. The lowest BCUT2D eigenvalue weighted by Crippen LogP contribution is -2.50. The molecule has 3 fully saturated rings. The van der Waals surface area contributed by atoms with E-state index in [2.05, 4.69) is 25.0 Å². The summed E-state index contributed by atoms with van der Waals surface area (Å²) in [6, 6.07) is 4.71. The van der Waals surface area contributed by atoms with Crippen molar-refractivity contribution < 1.29 is 18.0 Å². The Bertz CT molecular complexity index is 1310. The van der Waals surface area contributed by atoms with E-state index in [0.717, 1.165) is 75.9 Å². The number of halogens is 3. The fourth-order valence-corrected chi connectivity index (χ4v) is 5.91. The van der Waals surface area contributed by atoms with Crippen LogP contribution in [0.25, 0.3) is 11.3 Å². The molecule has 3 aliphatic heterocycles. The fraction of sp³-hybridized carbons (Fsp3) is 0.500. The first kappa shape index (κ1) is 26.5. The minimum atomic E-state index is -4.43. The summed E-state index contributed by atoms with van der Waals surface area (Å²) in [5, 5.41) is 4.77. The van der Waals surface area contributed by atoms with Gasteiger partial charge < -0.3 is 19.6 Å². The Hall–Kier alpha value is -3.68. The van der Waals surface area contributed by atoms with E-state index in [-0.39, 0.29) is 6.03 Å². The van der Waals surface area contributed by atoms with Gasteiger partial charge in [0.2, 0.25) is 17.8 Å². The van der Waals surface area contributed by atoms with Crippen LogP contribution in [0.1, 0.15) is 31.2 Å². The number of aromatic nitrogens is 4. The summed E-state index contributed by atoms with van der Waals surface area (Å²) in [4.78, 5) is 39.9. The molecule has 0 spiro atoms. The lowest BCUT2D eigenvalue weighted by Gasteiger charge is -2.35. The largest absolute Gasteiger partial charge is 0.416 e. The number of hydrogen-bond acceptors (Lipinski definition) is 9. The third-order valence-corrected chi connectivity index (χ3v) is 8.19. The van der Waals surface area contributed by atoms with Crippen LogP contribution >= 0.6 is 11.3 Å². The van der Waals surface area contributed by atoms with E-state index in [9.17, 15) is 18.0 Å². The van der Waals surface area contributed by atoms with Crippen LogP contribution in [-0.4, -0.2) is 83.2 Å². The predicted octanol–water partition coefficient (Wildman–Crippen LogP) is 4.57. The zero-order valence-electron chi connectivity index (χ0n) is 21.9. The molecule has 14 heteroatoms. The first-order chi connectivity index (χ1) is 19.3. The highest BCUT2D eigenvalue weighted by atomic mass is 32.1. The number of benzene rings is 1. The topological polar surface area (TPSA) is 93.6 Å². The van der Waals surface area contributed by atoms with Gasteiger partial charge >= 0.3 is 12.2 Å². The molecule has 3 saturated heterocycles. The highest BCUT2D eigenvalue weighted by molar-refractivity contribution is 7.14. The molecule has 0 aliphatic carbocycles. The smallest absolute Gasteiger partial charge is 0.341 e. The summed E-state index contributed by atoms with van der Waals surface area (Å²) < 4.78 is 39.3. The molecule has 1 aromatic carbocycles. The van der Waals surface area contributed by atoms with Crippen molar-refractivity contribution in [3.63, 3.8) is 0 Å². The number of nitrogens with zero attached hydrogens (tertiary/aromatic N) is 8. The molecule has 212 valence electrons. The molecule has 2 aromatic heterocycles. The van der Waals surface area contributed by atoms with Crippen molar-refractivity contribution in [2.75, 3.05) is 72.4 Å². The Morgan fingerprint density at radius 1 is 0.775 bits per heavy atom. The van der Waals surface area contributed by atoms with Gasteiger partial charge in [-0.05, 0) is 37.8 Å². The zero-order valence-corrected chi connectivity index (χ0v) is 22.7. The van der Waals surface area contributed by atoms with Crippen molar-refractivity contribution in [1.82, 2.24) is 24.8 Å². The van der Waals surface area contributed by atoms with Gasteiger partial charge in [0.05, 0.1) is 11.3 Å². The summed E-state index contributed by atoms with van der Waals surface area (Å²) in [6.07, 6.45) is 0.101. The summed E-state index contributed by atoms with van der Waals surface area (Å²) in [6.45, 7) is 5.88. The first-order valence-corrected chi connectivity index (χ1v) is 14.4. The normalized spacial score (nSPS) is 18.1. The zero-order chi connectivity index (χ0) is 27.7. The Morgan fingerprint density at radius 2 is 1.32 bits per heavy atom. The maximum Gasteiger partial charge on any atom is 0.416 e. The minimum absolute atomic E-state index is 0.296. The van der Waals surface area contributed by atoms with Gasteiger partial charge in [0.1, 0.15) is 0 Å². The summed E-state index contributed by atoms with van der Waals surface area (Å²) in [5.74, 6) is 2.10. The average molecular weight is 574 g/mol. The van der Waals surface area contributed by atoms with Crippen LogP contribution in [0.3, 0.4) is 0 Å². The number of alkyl halides is 3. The Labute approximate surface area is 233 Å². The van der Waals surface area contributed by atoms with Gasteiger partial charge in [-0.2, -0.15) is 28.1 Å². The molecule has 0 saturated carbocycles. The Kier molecular flexibility index (Phi) is 7.34. The van der Waals surface area contributed by atoms with Crippen molar-refractivity contribution in [3.05, 3.63) is 35.2 Å². The summed E-state index contributed by atoms with van der Waals surface area (Å²) in [5.41, 5.74) is -0.00691. The van der Waals surface area contributed by atoms with Gasteiger partial charge in [0.25, 0.3) is 0 Å². The predicted molar refractivity (Wildman–Crippen MR) is 148 cm³/mol. The third kappa shape index (κ3) is 5.76. The van der Waals surface area contributed by atoms with E-state index in [1.807, 2.05) is 0 Å². The van der Waals surface area contributed by atoms with Gasteiger partial charge in [-0.3, -0.25) is 5.32 Å². The van der Waals surface area contributed by atoms with Gasteiger partial charge in [-0.1, -0.05) is 12.1 Å². The molecule has 0 atom stereocenters. The van der Waals surface area contributed by atoms with Crippen LogP contribution in [0.15, 0.2) is 29.6 Å². The van der Waals surface area contributed by atoms with Crippen molar-refractivity contribution >= 4 is 40.3 Å². The number of anilines is 4. The van der Waals surface area contributed by atoms with Gasteiger partial charge in [0.15, 0.2) is 5.13 Å². The second-order valence-electron chi connectivity index (χ2n) is 10.1. The number of piperazine rings is 1. The quantitative estimate of drug-likeness (QED) is 0.475. The van der Waals surface area contributed by atoms with Gasteiger partial charge in [-0.25, -0.2) is 9.78 Å². The minimum Gasteiger partial charge on any atom is -0.341 e. The second-order valence-corrected chi connectivity index (χ2v) is 11.0. The standard InChI is InChI=1S/C26H30F3N9OS/c27-26(28,29)19-7-5-6-18(16-19)20-17-40-24(30-20)34-25(39)38-14-12-37(13-15-38)23-32-21(35-8-1-2-9-35)31-22(33-23)36-10-3-4-11-36/h5-7,16-17H,1-4,8-15H2,(H,30,34,39). The molecule has 3 aliphatic rings. The van der Waals surface area contributed by atoms with Crippen LogP contribution in [0, 0.1) is 0 Å². The molecule has 5 heterocycles. The Morgan fingerprint density at radius 3 is 1.88 bits per heavy atom. The van der Waals surface area contributed by atoms with Gasteiger partial charge in [0, 0.05) is 63.3 Å². The van der Waals surface area contributed by atoms with E-state index < -0.39 is 11.7 Å². The molecule has 2 amide bonds. The second kappa shape index (κ2) is 11.1. The first-order valence-electron chi connectivity index (χ1n) is 13.5. The number of thiazole rings is 1. The Balaban J connectivity index is 1.09. The molecular formula is C26H30F3N9OS. The number of rotatable bonds is 5. The van der Waals surface area contributed by atoms with Crippen LogP contribution in [0.5, 0.6) is 0 Å². The number of hydrogen-bond donors (Lipinski definition) is 1. The number of urea groups is 1. The van der Waals surface area contributed by atoms with E-state index >= 15 is 0 Å². The molecule has 3 aromatic rings. The third-order valence-electron chi connectivity index (χ3n) is 7.43. The molecule has 1 N–H and O–H groups in total. The van der Waals surface area contributed by atoms with E-state index in [1.165, 1.54) is 17.4 Å².